The van der Waals surface area contributed by atoms with Crippen LogP contribution in [0.5, 0.6) is 5.75 Å². The number of ether oxygens (including phenoxy) is 1. The topological polar surface area (TPSA) is 47.4 Å². The van der Waals surface area contributed by atoms with Gasteiger partial charge in [-0.15, -0.1) is 0 Å². The number of halogens is 2. The summed E-state index contributed by atoms with van der Waals surface area (Å²) in [5.41, 5.74) is 1.83. The van der Waals surface area contributed by atoms with Crippen LogP contribution in [0.25, 0.3) is 16.9 Å². The lowest BCUT2D eigenvalue weighted by atomic mass is 10.1. The highest BCUT2D eigenvalue weighted by Gasteiger charge is 2.11. The molecule has 30 heavy (non-hydrogen) atoms. The fourth-order valence-electron chi connectivity index (χ4n) is 3.62. The van der Waals surface area contributed by atoms with Crippen LogP contribution in [0.4, 0.5) is 0 Å². The SMILES string of the molecule is O=c1ccc(-c2ccc(OCCCN3CCCC3)cc2)nn1-c1cc(Cl)cc(Cl)c1. The van der Waals surface area contributed by atoms with E-state index in [4.69, 9.17) is 27.9 Å². The van der Waals surface area contributed by atoms with Crippen LogP contribution in [0.2, 0.25) is 10.0 Å². The zero-order chi connectivity index (χ0) is 20.9. The number of rotatable bonds is 7. The van der Waals surface area contributed by atoms with Crippen molar-refractivity contribution in [3.8, 4) is 22.7 Å². The number of aromatic nitrogens is 2. The van der Waals surface area contributed by atoms with Gasteiger partial charge in [-0.2, -0.15) is 9.78 Å². The van der Waals surface area contributed by atoms with Crippen molar-refractivity contribution in [3.05, 3.63) is 75.0 Å². The van der Waals surface area contributed by atoms with Gasteiger partial charge in [0.25, 0.3) is 5.56 Å². The third-order valence-corrected chi connectivity index (χ3v) is 5.56. The molecule has 1 saturated heterocycles. The fourth-order valence-corrected chi connectivity index (χ4v) is 4.13. The second-order valence-corrected chi connectivity index (χ2v) is 8.24. The number of benzene rings is 2. The molecule has 3 aromatic rings. The lowest BCUT2D eigenvalue weighted by molar-refractivity contribution is 0.263. The zero-order valence-corrected chi connectivity index (χ0v) is 18.1. The quantitative estimate of drug-likeness (QED) is 0.478. The van der Waals surface area contributed by atoms with Crippen LogP contribution in [0.3, 0.4) is 0 Å². The highest BCUT2D eigenvalue weighted by Crippen LogP contribution is 2.23. The molecule has 1 fully saturated rings. The Morgan fingerprint density at radius 2 is 1.63 bits per heavy atom. The second-order valence-electron chi connectivity index (χ2n) is 7.37. The molecular weight excluding hydrogens is 421 g/mol. The van der Waals surface area contributed by atoms with E-state index in [0.717, 1.165) is 24.3 Å². The normalized spacial score (nSPS) is 14.2. The van der Waals surface area contributed by atoms with Gasteiger partial charge in [-0.1, -0.05) is 23.2 Å². The van der Waals surface area contributed by atoms with E-state index in [-0.39, 0.29) is 5.56 Å². The first-order valence-corrected chi connectivity index (χ1v) is 10.9. The molecule has 0 radical (unpaired) electrons. The van der Waals surface area contributed by atoms with Crippen molar-refractivity contribution < 1.29 is 4.74 Å². The van der Waals surface area contributed by atoms with Crippen molar-refractivity contribution in [3.63, 3.8) is 0 Å². The van der Waals surface area contributed by atoms with Crippen molar-refractivity contribution in [2.45, 2.75) is 19.3 Å². The van der Waals surface area contributed by atoms with Crippen molar-refractivity contribution in [2.75, 3.05) is 26.2 Å². The predicted octanol–water partition coefficient (Wildman–Crippen LogP) is 5.07. The van der Waals surface area contributed by atoms with E-state index in [1.165, 1.54) is 36.7 Å². The molecule has 1 aliphatic heterocycles. The molecular formula is C23H23Cl2N3O2. The molecule has 0 spiro atoms. The first-order valence-electron chi connectivity index (χ1n) is 10.1. The number of likely N-dealkylation sites (tertiary alicyclic amines) is 1. The first-order chi connectivity index (χ1) is 14.6. The summed E-state index contributed by atoms with van der Waals surface area (Å²) in [6.07, 6.45) is 3.65. The molecule has 156 valence electrons. The molecule has 4 rings (SSSR count). The van der Waals surface area contributed by atoms with Crippen LogP contribution in [-0.2, 0) is 0 Å². The average molecular weight is 444 g/mol. The van der Waals surface area contributed by atoms with Gasteiger partial charge in [-0.05, 0) is 80.9 Å². The lowest BCUT2D eigenvalue weighted by Gasteiger charge is -2.14. The third-order valence-electron chi connectivity index (χ3n) is 5.13. The van der Waals surface area contributed by atoms with Gasteiger partial charge >= 0.3 is 0 Å². The van der Waals surface area contributed by atoms with Gasteiger partial charge in [0.05, 0.1) is 18.0 Å². The van der Waals surface area contributed by atoms with Crippen molar-refractivity contribution in [1.29, 1.82) is 0 Å². The van der Waals surface area contributed by atoms with E-state index in [9.17, 15) is 4.79 Å². The summed E-state index contributed by atoms with van der Waals surface area (Å²) in [6, 6.07) is 15.9. The van der Waals surface area contributed by atoms with E-state index >= 15 is 0 Å². The smallest absolute Gasteiger partial charge is 0.271 e. The molecule has 2 heterocycles. The highest BCUT2D eigenvalue weighted by atomic mass is 35.5. The van der Waals surface area contributed by atoms with Crippen LogP contribution < -0.4 is 10.3 Å². The standard InChI is InChI=1S/C23H23Cl2N3O2/c24-18-14-19(25)16-20(15-18)28-23(29)9-8-22(26-28)17-4-6-21(7-5-17)30-13-3-12-27-10-1-2-11-27/h4-9,14-16H,1-3,10-13H2. The summed E-state index contributed by atoms with van der Waals surface area (Å²) < 4.78 is 7.17. The molecule has 0 aliphatic carbocycles. The highest BCUT2D eigenvalue weighted by molar-refractivity contribution is 6.34. The Kier molecular flexibility index (Phi) is 6.72. The van der Waals surface area contributed by atoms with Crippen LogP contribution in [0.15, 0.2) is 59.4 Å². The van der Waals surface area contributed by atoms with E-state index in [1.54, 1.807) is 24.3 Å². The summed E-state index contributed by atoms with van der Waals surface area (Å²) in [5, 5.41) is 5.38. The minimum absolute atomic E-state index is 0.255. The van der Waals surface area contributed by atoms with Crippen molar-refractivity contribution >= 4 is 23.2 Å². The summed E-state index contributed by atoms with van der Waals surface area (Å²) in [4.78, 5) is 14.8. The number of hydrogen-bond acceptors (Lipinski definition) is 4. The molecule has 0 bridgehead atoms. The summed E-state index contributed by atoms with van der Waals surface area (Å²) >= 11 is 12.1. The van der Waals surface area contributed by atoms with Crippen LogP contribution in [0.1, 0.15) is 19.3 Å². The Balaban J connectivity index is 1.44. The largest absolute Gasteiger partial charge is 0.494 e. The van der Waals surface area contributed by atoms with E-state index in [1.807, 2.05) is 24.3 Å². The van der Waals surface area contributed by atoms with E-state index < -0.39 is 0 Å². The zero-order valence-electron chi connectivity index (χ0n) is 16.6. The van der Waals surface area contributed by atoms with Crippen molar-refractivity contribution in [1.82, 2.24) is 14.7 Å². The van der Waals surface area contributed by atoms with Gasteiger partial charge in [0.1, 0.15) is 5.75 Å². The van der Waals surface area contributed by atoms with Crippen LogP contribution in [0, 0.1) is 0 Å². The maximum atomic E-state index is 12.3. The molecule has 0 N–H and O–H groups in total. The maximum Gasteiger partial charge on any atom is 0.271 e. The summed E-state index contributed by atoms with van der Waals surface area (Å²) in [5.74, 6) is 0.829. The summed E-state index contributed by atoms with van der Waals surface area (Å²) in [7, 11) is 0. The molecule has 5 nitrogen and oxygen atoms in total. The molecule has 0 amide bonds. The van der Waals surface area contributed by atoms with Gasteiger partial charge in [-0.25, -0.2) is 0 Å². The molecule has 0 atom stereocenters. The van der Waals surface area contributed by atoms with Gasteiger partial charge in [0.15, 0.2) is 0 Å². The Hall–Kier alpha value is -2.34. The molecule has 7 heteroatoms. The van der Waals surface area contributed by atoms with E-state index in [2.05, 4.69) is 10.00 Å². The average Bonchev–Trinajstić information content (AvgIpc) is 3.25. The fraction of sp³-hybridized carbons (Fsp3) is 0.304. The molecule has 0 saturated carbocycles. The van der Waals surface area contributed by atoms with Gasteiger partial charge in [-0.3, -0.25) is 4.79 Å². The minimum atomic E-state index is -0.255. The van der Waals surface area contributed by atoms with E-state index in [0.29, 0.717) is 28.0 Å². The lowest BCUT2D eigenvalue weighted by Crippen LogP contribution is -2.21. The number of hydrogen-bond donors (Lipinski definition) is 0. The maximum absolute atomic E-state index is 12.3. The van der Waals surface area contributed by atoms with Gasteiger partial charge < -0.3 is 9.64 Å². The Bertz CT molecular complexity index is 1040. The Morgan fingerprint density at radius 1 is 0.933 bits per heavy atom. The first kappa shape index (κ1) is 20.9. The van der Waals surface area contributed by atoms with Gasteiger partial charge in [0.2, 0.25) is 0 Å². The number of nitrogens with zero attached hydrogens (tertiary/aromatic N) is 3. The van der Waals surface area contributed by atoms with Crippen molar-refractivity contribution in [2.24, 2.45) is 0 Å². The Labute approximate surface area is 185 Å². The molecule has 2 aromatic carbocycles. The molecule has 1 aromatic heterocycles. The monoisotopic (exact) mass is 443 g/mol. The summed E-state index contributed by atoms with van der Waals surface area (Å²) in [6.45, 7) is 4.22. The van der Waals surface area contributed by atoms with Crippen LogP contribution >= 0.6 is 23.2 Å². The third kappa shape index (κ3) is 5.22. The van der Waals surface area contributed by atoms with Crippen LogP contribution in [-0.4, -0.2) is 40.9 Å². The molecule has 1 aliphatic rings. The second kappa shape index (κ2) is 9.65. The molecule has 0 unspecified atom stereocenters. The van der Waals surface area contributed by atoms with Gasteiger partial charge in [0, 0.05) is 28.2 Å². The predicted molar refractivity (Wildman–Crippen MR) is 121 cm³/mol. The Morgan fingerprint density at radius 3 is 2.33 bits per heavy atom. The minimum Gasteiger partial charge on any atom is -0.494 e.